The van der Waals surface area contributed by atoms with Crippen LogP contribution in [0, 0.1) is 0 Å². The Hall–Kier alpha value is -6.00. The molecule has 1 amide bonds. The highest BCUT2D eigenvalue weighted by molar-refractivity contribution is 6.01. The second-order valence-electron chi connectivity index (χ2n) is 11.4. The number of aliphatic imine (C=N–C) groups is 1. The zero-order chi connectivity index (χ0) is 35.2. The summed E-state index contributed by atoms with van der Waals surface area (Å²) in [5.41, 5.74) is 20.7. The molecular weight excluding hydrogens is 636 g/mol. The van der Waals surface area contributed by atoms with Crippen molar-refractivity contribution in [1.29, 1.82) is 0 Å². The van der Waals surface area contributed by atoms with Crippen LogP contribution >= 0.6 is 0 Å². The predicted octanol–water partition coefficient (Wildman–Crippen LogP) is 7.46. The Balaban J connectivity index is 1.60. The van der Waals surface area contributed by atoms with Crippen LogP contribution in [0.2, 0.25) is 0 Å². The Morgan fingerprint density at radius 3 is 2.40 bits per heavy atom. The molecule has 0 bridgehead atoms. The van der Waals surface area contributed by atoms with E-state index < -0.39 is 17.6 Å². The highest BCUT2D eigenvalue weighted by atomic mass is 16.5. The summed E-state index contributed by atoms with van der Waals surface area (Å²) in [6, 6.07) is 29.2. The van der Waals surface area contributed by atoms with Gasteiger partial charge in [-0.25, -0.2) is 4.99 Å². The van der Waals surface area contributed by atoms with Gasteiger partial charge < -0.3 is 24.6 Å². The largest absolute Gasteiger partial charge is 0.494 e. The van der Waals surface area contributed by atoms with E-state index in [9.17, 15) is 10.3 Å². The van der Waals surface area contributed by atoms with E-state index in [2.05, 4.69) is 25.4 Å². The first kappa shape index (κ1) is 35.3. The fourth-order valence-electron chi connectivity index (χ4n) is 5.87. The number of aliphatic hydroxyl groups excluding tert-OH is 1. The maximum atomic E-state index is 14.8. The van der Waals surface area contributed by atoms with E-state index in [1.165, 1.54) is 0 Å². The van der Waals surface area contributed by atoms with Gasteiger partial charge in [0.05, 0.1) is 19.8 Å². The summed E-state index contributed by atoms with van der Waals surface area (Å²) in [6.45, 7) is 3.13. The molecule has 13 nitrogen and oxygen atoms in total. The van der Waals surface area contributed by atoms with Crippen molar-refractivity contribution in [3.05, 3.63) is 146 Å². The molecule has 1 aliphatic rings. The van der Waals surface area contributed by atoms with Crippen molar-refractivity contribution in [3.63, 3.8) is 0 Å². The molecule has 0 saturated carbocycles. The lowest BCUT2D eigenvalue weighted by Gasteiger charge is -2.32. The smallest absolute Gasteiger partial charge is 0.252 e. The maximum Gasteiger partial charge on any atom is 0.252 e. The first-order chi connectivity index (χ1) is 24.5. The Bertz CT molecular complexity index is 1900. The maximum absolute atomic E-state index is 14.8. The molecule has 0 fully saturated rings. The minimum atomic E-state index is -1.58. The number of aliphatic hydroxyl groups is 1. The van der Waals surface area contributed by atoms with Gasteiger partial charge >= 0.3 is 0 Å². The van der Waals surface area contributed by atoms with E-state index in [0.29, 0.717) is 59.7 Å². The van der Waals surface area contributed by atoms with Crippen molar-refractivity contribution >= 4 is 17.5 Å². The normalized spacial score (nSPS) is 16.3. The summed E-state index contributed by atoms with van der Waals surface area (Å²) in [7, 11) is 0. The predicted molar refractivity (Wildman–Crippen MR) is 189 cm³/mol. The van der Waals surface area contributed by atoms with Crippen molar-refractivity contribution < 1.29 is 24.1 Å². The Kier molecular flexibility index (Phi) is 12.3. The lowest BCUT2D eigenvalue weighted by Crippen LogP contribution is -2.50. The molecule has 256 valence electrons. The molecule has 2 N–H and O–H groups in total. The van der Waals surface area contributed by atoms with Crippen LogP contribution in [0.25, 0.3) is 20.9 Å². The molecule has 50 heavy (non-hydrogen) atoms. The van der Waals surface area contributed by atoms with Crippen molar-refractivity contribution in [2.75, 3.05) is 26.4 Å². The van der Waals surface area contributed by atoms with Gasteiger partial charge in [-0.2, -0.15) is 0 Å². The third-order valence-corrected chi connectivity index (χ3v) is 8.23. The summed E-state index contributed by atoms with van der Waals surface area (Å²) in [4.78, 5) is 25.8. The number of hydrogen-bond acceptors (Lipinski definition) is 8. The van der Waals surface area contributed by atoms with Crippen LogP contribution in [0.15, 0.2) is 112 Å². The number of benzene rings is 4. The molecule has 0 radical (unpaired) electrons. The van der Waals surface area contributed by atoms with E-state index in [-0.39, 0.29) is 32.0 Å². The molecule has 0 saturated heterocycles. The van der Waals surface area contributed by atoms with Crippen LogP contribution in [0.3, 0.4) is 0 Å². The molecule has 5 rings (SSSR count). The minimum Gasteiger partial charge on any atom is -0.494 e. The number of rotatable bonds is 17. The van der Waals surface area contributed by atoms with Gasteiger partial charge in [-0.15, -0.1) is 0 Å². The van der Waals surface area contributed by atoms with E-state index in [1.54, 1.807) is 42.5 Å². The zero-order valence-corrected chi connectivity index (χ0v) is 27.7. The molecule has 0 spiro atoms. The van der Waals surface area contributed by atoms with Crippen LogP contribution in [-0.2, 0) is 28.9 Å². The summed E-state index contributed by atoms with van der Waals surface area (Å²) >= 11 is 0. The van der Waals surface area contributed by atoms with Gasteiger partial charge in [0, 0.05) is 47.1 Å². The number of carbonyl (C=O) groups is 1. The molecule has 13 heteroatoms. The monoisotopic (exact) mass is 674 g/mol. The SMILES string of the molecule is CCOc1ccccc1CCNC(=O)[C@]1(Cc2ccccc2N=[N+]=[N-])N=C(c2ccc(OCCCO)cc2)O[C@@H]1c1ccccc1CN=[N+]=[N-]. The average Bonchev–Trinajstić information content (AvgIpc) is 3.53. The van der Waals surface area contributed by atoms with Crippen molar-refractivity contribution in [2.24, 2.45) is 15.2 Å². The van der Waals surface area contributed by atoms with Crippen LogP contribution < -0.4 is 14.8 Å². The summed E-state index contributed by atoms with van der Waals surface area (Å²) in [5.74, 6) is 1.19. The fourth-order valence-corrected chi connectivity index (χ4v) is 5.87. The highest BCUT2D eigenvalue weighted by Gasteiger charge is 2.54. The number of ether oxygens (including phenoxy) is 3. The quantitative estimate of drug-likeness (QED) is 0.0508. The number of carbonyl (C=O) groups excluding carboxylic acids is 1. The van der Waals surface area contributed by atoms with E-state index in [4.69, 9.17) is 29.8 Å². The first-order valence-electron chi connectivity index (χ1n) is 16.3. The Morgan fingerprint density at radius 1 is 0.940 bits per heavy atom. The standard InChI is InChI=1S/C37H38N8O5/c1-2-48-33-15-8-5-10-26(33)20-21-40-36(47)37(24-28-11-4-7-14-32(28)43-45-39)34(31-13-6-3-12-29(31)25-41-44-38)50-35(42-37)27-16-18-30(19-17-27)49-23-9-22-46/h3-8,10-19,34,46H,2,9,20-25H2,1H3,(H,40,47)/t34-,37-/m1/s1. The second-order valence-corrected chi connectivity index (χ2v) is 11.4. The number of para-hydroxylation sites is 1. The summed E-state index contributed by atoms with van der Waals surface area (Å²) in [6.07, 6.45) is 0.0647. The Labute approximate surface area is 289 Å². The van der Waals surface area contributed by atoms with Crippen LogP contribution in [-0.4, -0.2) is 48.8 Å². The van der Waals surface area contributed by atoms with Crippen molar-refractivity contribution in [1.82, 2.24) is 5.32 Å². The molecule has 2 atom stereocenters. The van der Waals surface area contributed by atoms with E-state index >= 15 is 0 Å². The van der Waals surface area contributed by atoms with Gasteiger partial charge in [0.15, 0.2) is 11.6 Å². The third kappa shape index (κ3) is 8.34. The summed E-state index contributed by atoms with van der Waals surface area (Å²) in [5, 5.41) is 19.9. The molecule has 0 unspecified atom stereocenters. The highest BCUT2D eigenvalue weighted by Crippen LogP contribution is 2.45. The molecule has 1 heterocycles. The molecule has 4 aromatic rings. The van der Waals surface area contributed by atoms with Crippen LogP contribution in [0.4, 0.5) is 5.69 Å². The Morgan fingerprint density at radius 2 is 1.66 bits per heavy atom. The second kappa shape index (κ2) is 17.4. The van der Waals surface area contributed by atoms with E-state index in [1.807, 2.05) is 61.5 Å². The average molecular weight is 675 g/mol. The van der Waals surface area contributed by atoms with Crippen molar-refractivity contribution in [2.45, 2.75) is 44.4 Å². The third-order valence-electron chi connectivity index (χ3n) is 8.23. The molecule has 1 aliphatic heterocycles. The van der Waals surface area contributed by atoms with Crippen LogP contribution in [0.1, 0.15) is 47.3 Å². The number of nitrogens with one attached hydrogen (secondary N) is 1. The van der Waals surface area contributed by atoms with Gasteiger partial charge in [0.1, 0.15) is 11.5 Å². The molecule has 0 aliphatic carbocycles. The topological polar surface area (TPSA) is 187 Å². The van der Waals surface area contributed by atoms with Crippen LogP contribution in [0.5, 0.6) is 11.5 Å². The van der Waals surface area contributed by atoms with E-state index in [0.717, 1.165) is 11.3 Å². The summed E-state index contributed by atoms with van der Waals surface area (Å²) < 4.78 is 18.2. The zero-order valence-electron chi connectivity index (χ0n) is 27.7. The number of nitrogens with zero attached hydrogens (tertiary/aromatic N) is 7. The van der Waals surface area contributed by atoms with Gasteiger partial charge in [-0.3, -0.25) is 4.79 Å². The minimum absolute atomic E-state index is 0.0237. The first-order valence-corrected chi connectivity index (χ1v) is 16.3. The van der Waals surface area contributed by atoms with Gasteiger partial charge in [-0.1, -0.05) is 77.0 Å². The molecular formula is C37H38N8O5. The number of amides is 1. The fraction of sp³-hybridized carbons (Fsp3) is 0.297. The van der Waals surface area contributed by atoms with Gasteiger partial charge in [-0.05, 0) is 77.0 Å². The molecule has 0 aromatic heterocycles. The lowest BCUT2D eigenvalue weighted by molar-refractivity contribution is -0.128. The number of azide groups is 2. The number of hydrogen-bond donors (Lipinski definition) is 2. The van der Waals surface area contributed by atoms with Gasteiger partial charge in [0.2, 0.25) is 5.90 Å². The molecule has 4 aromatic carbocycles. The lowest BCUT2D eigenvalue weighted by atomic mass is 9.80. The van der Waals surface area contributed by atoms with Gasteiger partial charge in [0.25, 0.3) is 5.91 Å². The van der Waals surface area contributed by atoms with Crippen molar-refractivity contribution in [3.8, 4) is 11.5 Å².